The molecule has 0 unspecified atom stereocenters. The van der Waals surface area contributed by atoms with Crippen molar-refractivity contribution in [1.82, 2.24) is 15.4 Å². The third-order valence-corrected chi connectivity index (χ3v) is 4.12. The van der Waals surface area contributed by atoms with E-state index in [9.17, 15) is 8.42 Å². The van der Waals surface area contributed by atoms with E-state index < -0.39 is 10.0 Å². The zero-order valence-electron chi connectivity index (χ0n) is 13.3. The Hall–Kier alpha value is -1.31. The number of hydrogen-bond acceptors (Lipinski definition) is 3. The van der Waals surface area contributed by atoms with Crippen LogP contribution in [0.3, 0.4) is 0 Å². The maximum absolute atomic E-state index is 11.6. The number of aliphatic imine (C=N–C) groups is 1. The molecule has 0 aliphatic heterocycles. The number of nitrogens with zero attached hydrogens (tertiary/aromatic N) is 1. The first-order valence-corrected chi connectivity index (χ1v) is 8.60. The summed E-state index contributed by atoms with van der Waals surface area (Å²) in [7, 11) is -1.87. The molecule has 0 aliphatic rings. The van der Waals surface area contributed by atoms with Crippen molar-refractivity contribution in [3.8, 4) is 12.3 Å². The van der Waals surface area contributed by atoms with Crippen LogP contribution in [0.1, 0.15) is 18.1 Å². The van der Waals surface area contributed by atoms with Gasteiger partial charge in [-0.1, -0.05) is 30.2 Å². The van der Waals surface area contributed by atoms with Gasteiger partial charge in [-0.25, -0.2) is 18.1 Å². The van der Waals surface area contributed by atoms with Crippen molar-refractivity contribution in [2.24, 2.45) is 4.99 Å². The zero-order valence-corrected chi connectivity index (χ0v) is 16.4. The Balaban J connectivity index is 0.00000484. The van der Waals surface area contributed by atoms with Gasteiger partial charge >= 0.3 is 0 Å². The summed E-state index contributed by atoms with van der Waals surface area (Å²) in [5.41, 5.74) is 1.66. The standard InChI is InChI=1S/C15H22N4O2S.HI/c1-4-9-18-15(17-5-2)19-11-13-7-6-8-14(10-13)12-22(20,21)16-3;/h1,6-8,10,16H,5,9,11-12H2,2-3H3,(H2,17,18,19);1H. The average Bonchev–Trinajstić information content (AvgIpc) is 2.50. The molecular weight excluding hydrogens is 427 g/mol. The van der Waals surface area contributed by atoms with Gasteiger partial charge in [-0.3, -0.25) is 0 Å². The number of hydrogen-bond donors (Lipinski definition) is 3. The summed E-state index contributed by atoms with van der Waals surface area (Å²) in [5.74, 6) is 3.08. The van der Waals surface area contributed by atoms with Gasteiger partial charge in [-0.15, -0.1) is 30.4 Å². The van der Waals surface area contributed by atoms with Gasteiger partial charge in [0.15, 0.2) is 5.96 Å². The van der Waals surface area contributed by atoms with Crippen LogP contribution in [-0.4, -0.2) is 34.5 Å². The molecule has 128 valence electrons. The van der Waals surface area contributed by atoms with E-state index in [0.717, 1.165) is 17.7 Å². The molecule has 0 aliphatic carbocycles. The molecule has 0 saturated carbocycles. The number of terminal acetylenes is 1. The van der Waals surface area contributed by atoms with Crippen LogP contribution >= 0.6 is 24.0 Å². The van der Waals surface area contributed by atoms with Gasteiger partial charge in [-0.05, 0) is 25.1 Å². The molecule has 0 radical (unpaired) electrons. The Bertz CT molecular complexity index is 654. The first kappa shape index (κ1) is 21.7. The molecule has 0 heterocycles. The molecule has 0 saturated heterocycles. The number of sulfonamides is 1. The van der Waals surface area contributed by atoms with E-state index in [1.54, 1.807) is 6.07 Å². The summed E-state index contributed by atoms with van der Waals surface area (Å²) < 4.78 is 25.4. The van der Waals surface area contributed by atoms with E-state index >= 15 is 0 Å². The van der Waals surface area contributed by atoms with Crippen molar-refractivity contribution in [1.29, 1.82) is 0 Å². The maximum Gasteiger partial charge on any atom is 0.215 e. The molecular formula is C15H23IN4O2S. The highest BCUT2D eigenvalue weighted by atomic mass is 127. The fraction of sp³-hybridized carbons (Fsp3) is 0.400. The fourth-order valence-electron chi connectivity index (χ4n) is 1.76. The van der Waals surface area contributed by atoms with Crippen molar-refractivity contribution in [3.05, 3.63) is 35.4 Å². The summed E-state index contributed by atoms with van der Waals surface area (Å²) in [5, 5.41) is 6.09. The van der Waals surface area contributed by atoms with E-state index in [2.05, 4.69) is 26.3 Å². The van der Waals surface area contributed by atoms with Gasteiger partial charge in [0, 0.05) is 6.54 Å². The molecule has 0 fully saturated rings. The molecule has 8 heteroatoms. The Kier molecular flexibility index (Phi) is 10.6. The lowest BCUT2D eigenvalue weighted by Crippen LogP contribution is -2.37. The highest BCUT2D eigenvalue weighted by molar-refractivity contribution is 14.0. The van der Waals surface area contributed by atoms with E-state index in [1.165, 1.54) is 7.05 Å². The van der Waals surface area contributed by atoms with Crippen molar-refractivity contribution < 1.29 is 8.42 Å². The predicted octanol–water partition coefficient (Wildman–Crippen LogP) is 1.04. The second-order valence-corrected chi connectivity index (χ2v) is 6.46. The minimum absolute atomic E-state index is 0. The summed E-state index contributed by atoms with van der Waals surface area (Å²) in [4.78, 5) is 4.41. The zero-order chi connectivity index (χ0) is 16.4. The highest BCUT2D eigenvalue weighted by Gasteiger charge is 2.08. The fourth-order valence-corrected chi connectivity index (χ4v) is 2.52. The first-order chi connectivity index (χ1) is 10.5. The molecule has 0 amide bonds. The van der Waals surface area contributed by atoms with E-state index in [1.807, 2.05) is 25.1 Å². The molecule has 0 atom stereocenters. The van der Waals surface area contributed by atoms with E-state index in [-0.39, 0.29) is 29.7 Å². The topological polar surface area (TPSA) is 82.6 Å². The number of guanidine groups is 1. The number of benzene rings is 1. The van der Waals surface area contributed by atoms with Crippen LogP contribution < -0.4 is 15.4 Å². The second-order valence-electron chi connectivity index (χ2n) is 4.54. The third kappa shape index (κ3) is 8.78. The van der Waals surface area contributed by atoms with Crippen LogP contribution in [-0.2, 0) is 22.3 Å². The van der Waals surface area contributed by atoms with Gasteiger partial charge < -0.3 is 10.6 Å². The van der Waals surface area contributed by atoms with Crippen LogP contribution in [0.5, 0.6) is 0 Å². The summed E-state index contributed by atoms with van der Waals surface area (Å²) in [6, 6.07) is 7.35. The SMILES string of the molecule is C#CCNC(=NCc1cccc(CS(=O)(=O)NC)c1)NCC.I. The highest BCUT2D eigenvalue weighted by Crippen LogP contribution is 2.09. The van der Waals surface area contributed by atoms with Crippen LogP contribution in [0.15, 0.2) is 29.3 Å². The molecule has 1 aromatic carbocycles. The second kappa shape index (κ2) is 11.3. The summed E-state index contributed by atoms with van der Waals surface area (Å²) in [6.45, 7) is 3.53. The van der Waals surface area contributed by atoms with E-state index in [0.29, 0.717) is 19.0 Å². The molecule has 6 nitrogen and oxygen atoms in total. The maximum atomic E-state index is 11.6. The normalized spacial score (nSPS) is 11.3. The first-order valence-electron chi connectivity index (χ1n) is 6.95. The van der Waals surface area contributed by atoms with Gasteiger partial charge in [0.2, 0.25) is 10.0 Å². The van der Waals surface area contributed by atoms with Gasteiger partial charge in [0.25, 0.3) is 0 Å². The van der Waals surface area contributed by atoms with Crippen LogP contribution in [0.25, 0.3) is 0 Å². The Morgan fingerprint density at radius 3 is 2.61 bits per heavy atom. The van der Waals surface area contributed by atoms with Gasteiger partial charge in [0.1, 0.15) is 0 Å². The predicted molar refractivity (Wildman–Crippen MR) is 105 cm³/mol. The van der Waals surface area contributed by atoms with Crippen molar-refractivity contribution >= 4 is 40.0 Å². The largest absolute Gasteiger partial charge is 0.357 e. The van der Waals surface area contributed by atoms with E-state index in [4.69, 9.17) is 6.42 Å². The average molecular weight is 450 g/mol. The van der Waals surface area contributed by atoms with Crippen LogP contribution in [0.4, 0.5) is 0 Å². The quantitative estimate of drug-likeness (QED) is 0.251. The van der Waals surface area contributed by atoms with Crippen LogP contribution in [0, 0.1) is 12.3 Å². The molecule has 0 spiro atoms. The molecule has 1 rings (SSSR count). The summed E-state index contributed by atoms with van der Waals surface area (Å²) >= 11 is 0. The van der Waals surface area contributed by atoms with Crippen molar-refractivity contribution in [2.75, 3.05) is 20.1 Å². The Morgan fingerprint density at radius 1 is 1.30 bits per heavy atom. The molecule has 3 N–H and O–H groups in total. The van der Waals surface area contributed by atoms with Gasteiger partial charge in [-0.2, -0.15) is 0 Å². The smallest absolute Gasteiger partial charge is 0.215 e. The molecule has 23 heavy (non-hydrogen) atoms. The minimum atomic E-state index is -3.27. The summed E-state index contributed by atoms with van der Waals surface area (Å²) in [6.07, 6.45) is 5.21. The number of rotatable bonds is 7. The van der Waals surface area contributed by atoms with Crippen molar-refractivity contribution in [3.63, 3.8) is 0 Å². The number of nitrogens with one attached hydrogen (secondary N) is 3. The minimum Gasteiger partial charge on any atom is -0.357 e. The molecule has 1 aromatic rings. The lowest BCUT2D eigenvalue weighted by atomic mass is 10.1. The van der Waals surface area contributed by atoms with Crippen molar-refractivity contribution in [2.45, 2.75) is 19.2 Å². The van der Waals surface area contributed by atoms with Gasteiger partial charge in [0.05, 0.1) is 18.8 Å². The Labute approximate surface area is 155 Å². The third-order valence-electron chi connectivity index (χ3n) is 2.78. The monoisotopic (exact) mass is 450 g/mol. The Morgan fingerprint density at radius 2 is 2.00 bits per heavy atom. The lowest BCUT2D eigenvalue weighted by molar-refractivity contribution is 0.587. The van der Waals surface area contributed by atoms with Crippen LogP contribution in [0.2, 0.25) is 0 Å². The molecule has 0 aromatic heterocycles. The number of halogens is 1. The molecule has 0 bridgehead atoms. The lowest BCUT2D eigenvalue weighted by Gasteiger charge is -2.09.